The summed E-state index contributed by atoms with van der Waals surface area (Å²) in [5.41, 5.74) is 0.618. The molecule has 6 nitrogen and oxygen atoms in total. The highest BCUT2D eigenvalue weighted by molar-refractivity contribution is 7.84. The Bertz CT molecular complexity index is 742. The highest BCUT2D eigenvalue weighted by Gasteiger charge is 2.28. The molecule has 2 unspecified atom stereocenters. The summed E-state index contributed by atoms with van der Waals surface area (Å²) in [5.74, 6) is 1.44. The van der Waals surface area contributed by atoms with Crippen molar-refractivity contribution in [3.8, 4) is 0 Å². The Kier molecular flexibility index (Phi) is 5.08. The average molecular weight is 347 g/mol. The summed E-state index contributed by atoms with van der Waals surface area (Å²) in [7, 11) is -1.04. The number of aryl methyl sites for hydroxylation is 1. The third kappa shape index (κ3) is 3.56. The standard InChI is InChI=1S/C17H21N3O3S/c1-3-15-18-16(19-23-15)13-5-4-10-20(11-13)17(21)12-6-8-14(9-7-12)24(2)22/h6-9,13H,3-5,10-11H2,1-2H3. The van der Waals surface area contributed by atoms with Gasteiger partial charge in [-0.05, 0) is 37.1 Å². The first-order valence-electron chi connectivity index (χ1n) is 8.13. The molecule has 0 saturated carbocycles. The maximum absolute atomic E-state index is 12.7. The molecule has 1 aromatic heterocycles. The molecule has 0 bridgehead atoms. The number of nitrogens with zero attached hydrogens (tertiary/aromatic N) is 3. The maximum atomic E-state index is 12.7. The lowest BCUT2D eigenvalue weighted by Gasteiger charge is -2.31. The fourth-order valence-corrected chi connectivity index (χ4v) is 3.44. The van der Waals surface area contributed by atoms with Crippen LogP contribution in [0, 0.1) is 0 Å². The van der Waals surface area contributed by atoms with E-state index in [2.05, 4.69) is 10.1 Å². The van der Waals surface area contributed by atoms with Gasteiger partial charge in [0.25, 0.3) is 5.91 Å². The highest BCUT2D eigenvalue weighted by atomic mass is 32.2. The number of carbonyl (C=O) groups excluding carboxylic acids is 1. The van der Waals surface area contributed by atoms with E-state index in [9.17, 15) is 9.00 Å². The third-order valence-electron chi connectivity index (χ3n) is 4.29. The first-order chi connectivity index (χ1) is 11.6. The smallest absolute Gasteiger partial charge is 0.253 e. The SMILES string of the molecule is CCc1nc(C2CCCN(C(=O)c3ccc(S(C)=O)cc3)C2)no1. The van der Waals surface area contributed by atoms with Crippen molar-refractivity contribution in [3.63, 3.8) is 0 Å². The minimum Gasteiger partial charge on any atom is -0.339 e. The predicted octanol–water partition coefficient (Wildman–Crippen LogP) is 2.39. The summed E-state index contributed by atoms with van der Waals surface area (Å²) < 4.78 is 16.6. The van der Waals surface area contributed by atoms with Crippen LogP contribution in [-0.4, -0.2) is 44.5 Å². The van der Waals surface area contributed by atoms with E-state index in [4.69, 9.17) is 4.52 Å². The zero-order valence-corrected chi connectivity index (χ0v) is 14.7. The monoisotopic (exact) mass is 347 g/mol. The summed E-state index contributed by atoms with van der Waals surface area (Å²) in [4.78, 5) is 19.7. The molecule has 1 aliphatic heterocycles. The van der Waals surface area contributed by atoms with Crippen molar-refractivity contribution < 1.29 is 13.5 Å². The summed E-state index contributed by atoms with van der Waals surface area (Å²) in [6.07, 6.45) is 4.22. The van der Waals surface area contributed by atoms with E-state index in [-0.39, 0.29) is 11.8 Å². The number of aromatic nitrogens is 2. The van der Waals surface area contributed by atoms with Crippen LogP contribution in [0.2, 0.25) is 0 Å². The number of benzene rings is 1. The van der Waals surface area contributed by atoms with Gasteiger partial charge in [0.05, 0.1) is 0 Å². The normalized spacial score (nSPS) is 19.2. The van der Waals surface area contributed by atoms with Crippen molar-refractivity contribution in [1.29, 1.82) is 0 Å². The van der Waals surface area contributed by atoms with E-state index in [1.54, 1.807) is 30.5 Å². The summed E-state index contributed by atoms with van der Waals surface area (Å²) >= 11 is 0. The average Bonchev–Trinajstić information content (AvgIpc) is 3.10. The Balaban J connectivity index is 1.71. The molecule has 128 valence electrons. The lowest BCUT2D eigenvalue weighted by molar-refractivity contribution is 0.0703. The first kappa shape index (κ1) is 16.8. The zero-order valence-electron chi connectivity index (χ0n) is 13.9. The molecular formula is C17H21N3O3S. The number of rotatable bonds is 4. The van der Waals surface area contributed by atoms with E-state index in [1.807, 2.05) is 11.8 Å². The van der Waals surface area contributed by atoms with Crippen molar-refractivity contribution >= 4 is 16.7 Å². The minimum absolute atomic E-state index is 0.00709. The van der Waals surface area contributed by atoms with Crippen LogP contribution in [0.4, 0.5) is 0 Å². The molecule has 24 heavy (non-hydrogen) atoms. The molecule has 2 atom stereocenters. The van der Waals surface area contributed by atoms with Gasteiger partial charge in [-0.15, -0.1) is 0 Å². The molecule has 0 radical (unpaired) electrons. The molecule has 0 spiro atoms. The van der Waals surface area contributed by atoms with Gasteiger partial charge in [0.15, 0.2) is 5.82 Å². The number of likely N-dealkylation sites (tertiary alicyclic amines) is 1. The molecule has 1 saturated heterocycles. The second kappa shape index (κ2) is 7.25. The van der Waals surface area contributed by atoms with Crippen LogP contribution in [0.5, 0.6) is 0 Å². The fourth-order valence-electron chi connectivity index (χ4n) is 2.92. The van der Waals surface area contributed by atoms with Crippen LogP contribution < -0.4 is 0 Å². The van der Waals surface area contributed by atoms with E-state index in [0.29, 0.717) is 30.2 Å². The van der Waals surface area contributed by atoms with Gasteiger partial charge in [-0.25, -0.2) is 0 Å². The Morgan fingerprint density at radius 2 is 2.12 bits per heavy atom. The van der Waals surface area contributed by atoms with Crippen molar-refractivity contribution in [3.05, 3.63) is 41.5 Å². The quantitative estimate of drug-likeness (QED) is 0.849. The van der Waals surface area contributed by atoms with Gasteiger partial charge in [0.1, 0.15) is 0 Å². The lowest BCUT2D eigenvalue weighted by Crippen LogP contribution is -2.39. The third-order valence-corrected chi connectivity index (χ3v) is 5.23. The predicted molar refractivity (Wildman–Crippen MR) is 90.3 cm³/mol. The lowest BCUT2D eigenvalue weighted by atomic mass is 9.96. The molecular weight excluding hydrogens is 326 g/mol. The van der Waals surface area contributed by atoms with Gasteiger partial charge in [0.2, 0.25) is 5.89 Å². The van der Waals surface area contributed by atoms with E-state index in [1.165, 1.54) is 0 Å². The summed E-state index contributed by atoms with van der Waals surface area (Å²) in [6.45, 7) is 3.30. The summed E-state index contributed by atoms with van der Waals surface area (Å²) in [5, 5.41) is 4.05. The second-order valence-electron chi connectivity index (χ2n) is 5.97. The minimum atomic E-state index is -1.04. The molecule has 2 heterocycles. The van der Waals surface area contributed by atoms with Crippen LogP contribution in [0.1, 0.15) is 47.8 Å². The largest absolute Gasteiger partial charge is 0.339 e. The number of piperidine rings is 1. The van der Waals surface area contributed by atoms with Gasteiger partial charge >= 0.3 is 0 Å². The summed E-state index contributed by atoms with van der Waals surface area (Å²) in [6, 6.07) is 6.98. The van der Waals surface area contributed by atoms with Crippen molar-refractivity contribution in [1.82, 2.24) is 15.0 Å². The topological polar surface area (TPSA) is 76.3 Å². The van der Waals surface area contributed by atoms with Crippen molar-refractivity contribution in [2.45, 2.75) is 37.0 Å². The Hall–Kier alpha value is -2.02. The Morgan fingerprint density at radius 1 is 1.38 bits per heavy atom. The second-order valence-corrected chi connectivity index (χ2v) is 7.35. The van der Waals surface area contributed by atoms with Crippen LogP contribution in [0.3, 0.4) is 0 Å². The molecule has 1 amide bonds. The van der Waals surface area contributed by atoms with Crippen LogP contribution >= 0.6 is 0 Å². The van der Waals surface area contributed by atoms with Crippen LogP contribution in [0.25, 0.3) is 0 Å². The molecule has 1 aliphatic rings. The van der Waals surface area contributed by atoms with Gasteiger partial charge in [-0.3, -0.25) is 9.00 Å². The number of carbonyl (C=O) groups is 1. The number of amides is 1. The zero-order chi connectivity index (χ0) is 17.1. The Labute approximate surface area is 143 Å². The molecule has 2 aromatic rings. The van der Waals surface area contributed by atoms with Crippen LogP contribution in [0.15, 0.2) is 33.7 Å². The number of hydrogen-bond acceptors (Lipinski definition) is 5. The van der Waals surface area contributed by atoms with Gasteiger partial charge in [0, 0.05) is 52.9 Å². The highest BCUT2D eigenvalue weighted by Crippen LogP contribution is 2.26. The van der Waals surface area contributed by atoms with Crippen molar-refractivity contribution in [2.75, 3.05) is 19.3 Å². The van der Waals surface area contributed by atoms with Crippen molar-refractivity contribution in [2.24, 2.45) is 0 Å². The maximum Gasteiger partial charge on any atom is 0.253 e. The van der Waals surface area contributed by atoms with Gasteiger partial charge in [-0.2, -0.15) is 4.98 Å². The fraction of sp³-hybridized carbons (Fsp3) is 0.471. The molecule has 1 aromatic carbocycles. The van der Waals surface area contributed by atoms with E-state index >= 15 is 0 Å². The molecule has 3 rings (SSSR count). The molecule has 1 fully saturated rings. The van der Waals surface area contributed by atoms with Gasteiger partial charge in [-0.1, -0.05) is 12.1 Å². The van der Waals surface area contributed by atoms with Gasteiger partial charge < -0.3 is 9.42 Å². The molecule has 0 N–H and O–H groups in total. The Morgan fingerprint density at radius 3 is 2.75 bits per heavy atom. The van der Waals surface area contributed by atoms with Crippen LogP contribution in [-0.2, 0) is 17.2 Å². The molecule has 0 aliphatic carbocycles. The molecule has 7 heteroatoms. The number of hydrogen-bond donors (Lipinski definition) is 0. The first-order valence-corrected chi connectivity index (χ1v) is 9.69. The van der Waals surface area contributed by atoms with E-state index < -0.39 is 10.8 Å². The van der Waals surface area contributed by atoms with E-state index in [0.717, 1.165) is 24.3 Å².